The van der Waals surface area contributed by atoms with Crippen LogP contribution in [0, 0.1) is 44.3 Å². The lowest BCUT2D eigenvalue weighted by molar-refractivity contribution is 0.495. The van der Waals surface area contributed by atoms with E-state index >= 15 is 0 Å². The Hall–Kier alpha value is 0. The van der Waals surface area contributed by atoms with E-state index < -0.39 is 0 Å². The van der Waals surface area contributed by atoms with Gasteiger partial charge in [0.15, 0.2) is 0 Å². The first kappa shape index (κ1) is 8.23. The van der Waals surface area contributed by atoms with Crippen LogP contribution in [-0.4, -0.2) is 0 Å². The van der Waals surface area contributed by atoms with E-state index in [2.05, 4.69) is 13.8 Å². The van der Waals surface area contributed by atoms with E-state index in [1.165, 1.54) is 0 Å². The summed E-state index contributed by atoms with van der Waals surface area (Å²) in [7, 11) is 0. The standard InChI is InChI=1S/C17H22/c1-10-3-12(10)5-14(12)7-16(14)9-17(16)8-15(17)6-13(15)4-11(13)2/h10-11H,3-9H2,1-2H3. The van der Waals surface area contributed by atoms with Gasteiger partial charge in [-0.15, -0.1) is 0 Å². The monoisotopic (exact) mass is 226 g/mol. The van der Waals surface area contributed by atoms with Crippen molar-refractivity contribution in [2.75, 3.05) is 0 Å². The number of hydrogen-bond acceptors (Lipinski definition) is 0. The van der Waals surface area contributed by atoms with Crippen LogP contribution in [0.2, 0.25) is 0 Å². The zero-order valence-corrected chi connectivity index (χ0v) is 11.1. The highest BCUT2D eigenvalue weighted by atomic mass is 15.1. The average Bonchev–Trinajstić information content (AvgIpc) is 3.03. The Kier molecular flexibility index (Phi) is 0.726. The van der Waals surface area contributed by atoms with Crippen molar-refractivity contribution in [1.29, 1.82) is 0 Å². The summed E-state index contributed by atoms with van der Waals surface area (Å²) in [5.74, 6) is 2.23. The van der Waals surface area contributed by atoms with Crippen molar-refractivity contribution >= 4 is 0 Å². The molecule has 8 unspecified atom stereocenters. The van der Waals surface area contributed by atoms with Crippen LogP contribution in [-0.2, 0) is 0 Å². The fourth-order valence-electron chi connectivity index (χ4n) is 8.69. The third kappa shape index (κ3) is 0.455. The Balaban J connectivity index is 1.28. The first-order valence-corrected chi connectivity index (χ1v) is 8.04. The second-order valence-corrected chi connectivity index (χ2v) is 9.73. The number of fused-ring (bicyclic) bond motifs is 5. The molecule has 90 valence electrons. The second-order valence-electron chi connectivity index (χ2n) is 9.73. The van der Waals surface area contributed by atoms with E-state index in [0.29, 0.717) is 0 Å². The molecule has 6 spiro atoms. The van der Waals surface area contributed by atoms with Crippen LogP contribution in [0.25, 0.3) is 0 Å². The molecular formula is C17H22. The molecule has 7 aliphatic rings. The van der Waals surface area contributed by atoms with E-state index in [1.54, 1.807) is 44.9 Å². The summed E-state index contributed by atoms with van der Waals surface area (Å²) in [5, 5.41) is 0. The number of hydrogen-bond donors (Lipinski definition) is 0. The molecule has 0 heteroatoms. The van der Waals surface area contributed by atoms with Gasteiger partial charge in [-0.25, -0.2) is 0 Å². The Labute approximate surface area is 104 Å². The van der Waals surface area contributed by atoms with Gasteiger partial charge in [0.25, 0.3) is 0 Å². The zero-order valence-electron chi connectivity index (χ0n) is 11.1. The Bertz CT molecular complexity index is 502. The summed E-state index contributed by atoms with van der Waals surface area (Å²) in [6.45, 7) is 5.06. The van der Waals surface area contributed by atoms with E-state index in [-0.39, 0.29) is 0 Å². The maximum atomic E-state index is 2.53. The first-order valence-electron chi connectivity index (χ1n) is 8.04. The molecule has 0 aromatic heterocycles. The van der Waals surface area contributed by atoms with E-state index in [1.807, 2.05) is 0 Å². The lowest BCUT2D eigenvalue weighted by atomic mass is 10.1. The molecule has 0 bridgehead atoms. The highest BCUT2D eigenvalue weighted by molar-refractivity contribution is 5.58. The Morgan fingerprint density at radius 1 is 0.588 bits per heavy atom. The summed E-state index contributed by atoms with van der Waals surface area (Å²) in [6, 6.07) is 0. The van der Waals surface area contributed by atoms with E-state index in [4.69, 9.17) is 0 Å². The first-order chi connectivity index (χ1) is 8.04. The Morgan fingerprint density at radius 2 is 0.941 bits per heavy atom. The van der Waals surface area contributed by atoms with Gasteiger partial charge in [-0.05, 0) is 89.3 Å². The predicted molar refractivity (Wildman–Crippen MR) is 65.2 cm³/mol. The van der Waals surface area contributed by atoms with Gasteiger partial charge in [-0.3, -0.25) is 0 Å². The van der Waals surface area contributed by atoms with Gasteiger partial charge in [-0.1, -0.05) is 13.8 Å². The van der Waals surface area contributed by atoms with Crippen molar-refractivity contribution in [3.8, 4) is 0 Å². The van der Waals surface area contributed by atoms with Crippen molar-refractivity contribution in [3.05, 3.63) is 0 Å². The summed E-state index contributed by atoms with van der Waals surface area (Å²) in [6.07, 6.45) is 11.6. The number of rotatable bonds is 0. The molecule has 7 rings (SSSR count). The lowest BCUT2D eigenvalue weighted by Crippen LogP contribution is -1.94. The third-order valence-electron chi connectivity index (χ3n) is 9.98. The van der Waals surface area contributed by atoms with Crippen molar-refractivity contribution < 1.29 is 0 Å². The van der Waals surface area contributed by atoms with Crippen LogP contribution < -0.4 is 0 Å². The molecule has 0 aromatic rings. The van der Waals surface area contributed by atoms with Gasteiger partial charge in [0.2, 0.25) is 0 Å². The summed E-state index contributed by atoms with van der Waals surface area (Å²) in [5.41, 5.74) is 5.75. The van der Waals surface area contributed by atoms with Crippen molar-refractivity contribution in [2.24, 2.45) is 44.3 Å². The lowest BCUT2D eigenvalue weighted by Gasteiger charge is -1.96. The molecule has 17 heavy (non-hydrogen) atoms. The van der Waals surface area contributed by atoms with Gasteiger partial charge >= 0.3 is 0 Å². The minimum atomic E-state index is 0.942. The van der Waals surface area contributed by atoms with Crippen molar-refractivity contribution in [3.63, 3.8) is 0 Å². The molecule has 7 fully saturated rings. The summed E-state index contributed by atoms with van der Waals surface area (Å²) >= 11 is 0. The molecule has 8 atom stereocenters. The van der Waals surface area contributed by atoms with Crippen molar-refractivity contribution in [2.45, 2.75) is 58.8 Å². The maximum absolute atomic E-state index is 2.53. The second kappa shape index (κ2) is 1.50. The summed E-state index contributed by atoms with van der Waals surface area (Å²) in [4.78, 5) is 0. The van der Waals surface area contributed by atoms with E-state index in [0.717, 1.165) is 44.3 Å². The largest absolute Gasteiger partial charge is 0.0619 e. The van der Waals surface area contributed by atoms with Gasteiger partial charge in [-0.2, -0.15) is 0 Å². The van der Waals surface area contributed by atoms with Gasteiger partial charge in [0.1, 0.15) is 0 Å². The molecule has 0 aromatic carbocycles. The summed E-state index contributed by atoms with van der Waals surface area (Å²) < 4.78 is 0. The normalized spacial score (nSPS) is 90.7. The van der Waals surface area contributed by atoms with Crippen LogP contribution in [0.5, 0.6) is 0 Å². The molecule has 7 saturated carbocycles. The predicted octanol–water partition coefficient (Wildman–Crippen LogP) is 4.00. The molecule has 0 nitrogen and oxygen atoms in total. The molecule has 0 amide bonds. The topological polar surface area (TPSA) is 0 Å². The van der Waals surface area contributed by atoms with Gasteiger partial charge in [0.05, 0.1) is 0 Å². The SMILES string of the molecule is CC1CC12CC21CC12CC21CC12CC21CC1C. The van der Waals surface area contributed by atoms with Crippen LogP contribution in [0.4, 0.5) is 0 Å². The Morgan fingerprint density at radius 3 is 1.24 bits per heavy atom. The smallest absolute Gasteiger partial charge is 0.0161 e. The molecule has 0 heterocycles. The molecule has 0 aliphatic heterocycles. The minimum absolute atomic E-state index is 0.942. The zero-order chi connectivity index (χ0) is 11.1. The quantitative estimate of drug-likeness (QED) is 0.585. The molecular weight excluding hydrogens is 204 g/mol. The highest BCUT2D eigenvalue weighted by Gasteiger charge is 3.11. The molecule has 0 N–H and O–H groups in total. The van der Waals surface area contributed by atoms with Gasteiger partial charge in [0, 0.05) is 0 Å². The van der Waals surface area contributed by atoms with Crippen LogP contribution in [0.15, 0.2) is 0 Å². The minimum Gasteiger partial charge on any atom is -0.0619 e. The fourth-order valence-corrected chi connectivity index (χ4v) is 8.69. The van der Waals surface area contributed by atoms with Crippen LogP contribution >= 0.6 is 0 Å². The van der Waals surface area contributed by atoms with Crippen LogP contribution in [0.1, 0.15) is 58.8 Å². The molecule has 0 saturated heterocycles. The molecule has 0 radical (unpaired) electrons. The van der Waals surface area contributed by atoms with E-state index in [9.17, 15) is 0 Å². The average molecular weight is 226 g/mol. The maximum Gasteiger partial charge on any atom is -0.0161 e. The third-order valence-corrected chi connectivity index (χ3v) is 9.98. The van der Waals surface area contributed by atoms with Crippen molar-refractivity contribution in [1.82, 2.24) is 0 Å². The van der Waals surface area contributed by atoms with Crippen LogP contribution in [0.3, 0.4) is 0 Å². The fraction of sp³-hybridized carbons (Fsp3) is 1.00. The highest BCUT2D eigenvalue weighted by Crippen LogP contribution is 3.17. The van der Waals surface area contributed by atoms with Gasteiger partial charge < -0.3 is 0 Å². The molecule has 7 aliphatic carbocycles.